The van der Waals surface area contributed by atoms with E-state index in [9.17, 15) is 13.6 Å². The van der Waals surface area contributed by atoms with Crippen LogP contribution < -0.4 is 10.9 Å². The summed E-state index contributed by atoms with van der Waals surface area (Å²) in [6.45, 7) is 0. The summed E-state index contributed by atoms with van der Waals surface area (Å²) in [5, 5.41) is 5.60. The number of halogens is 3. The van der Waals surface area contributed by atoms with E-state index in [0.717, 1.165) is 23.5 Å². The maximum Gasteiger partial charge on any atom is 0.345 e. The van der Waals surface area contributed by atoms with Crippen LogP contribution in [0.4, 0.5) is 19.6 Å². The normalized spacial score (nSPS) is 11.0. The van der Waals surface area contributed by atoms with Crippen molar-refractivity contribution in [3.05, 3.63) is 74.9 Å². The zero-order valence-corrected chi connectivity index (χ0v) is 14.5. The summed E-state index contributed by atoms with van der Waals surface area (Å²) in [6, 6.07) is 10.1. The van der Waals surface area contributed by atoms with E-state index in [2.05, 4.69) is 10.3 Å². The van der Waals surface area contributed by atoms with Crippen molar-refractivity contribution in [1.82, 2.24) is 4.98 Å². The van der Waals surface area contributed by atoms with E-state index in [1.807, 2.05) is 0 Å². The highest BCUT2D eigenvalue weighted by molar-refractivity contribution is 7.14. The molecule has 0 bridgehead atoms. The molecular formula is C18H9ClF2N2O2S. The molecule has 4 rings (SSSR count). The van der Waals surface area contributed by atoms with Crippen molar-refractivity contribution >= 4 is 44.7 Å². The molecule has 0 spiro atoms. The molecule has 130 valence electrons. The molecule has 0 fully saturated rings. The van der Waals surface area contributed by atoms with E-state index < -0.39 is 17.3 Å². The third kappa shape index (κ3) is 3.07. The number of thiazole rings is 1. The van der Waals surface area contributed by atoms with Gasteiger partial charge in [-0.1, -0.05) is 17.7 Å². The lowest BCUT2D eigenvalue weighted by atomic mass is 10.1. The summed E-state index contributed by atoms with van der Waals surface area (Å²) in [5.74, 6) is -1.47. The summed E-state index contributed by atoms with van der Waals surface area (Å²) >= 11 is 7.08. The molecule has 4 nitrogen and oxygen atoms in total. The van der Waals surface area contributed by atoms with Crippen LogP contribution in [-0.4, -0.2) is 4.98 Å². The van der Waals surface area contributed by atoms with Crippen molar-refractivity contribution in [2.24, 2.45) is 0 Å². The Hall–Kier alpha value is -2.77. The minimum Gasteiger partial charge on any atom is -0.422 e. The van der Waals surface area contributed by atoms with Crippen LogP contribution in [0.1, 0.15) is 0 Å². The third-order valence-electron chi connectivity index (χ3n) is 3.67. The number of benzene rings is 2. The molecule has 1 N–H and O–H groups in total. The topological polar surface area (TPSA) is 55.1 Å². The Balaban J connectivity index is 1.73. The van der Waals surface area contributed by atoms with Gasteiger partial charge in [0.1, 0.15) is 22.9 Å². The van der Waals surface area contributed by atoms with Crippen LogP contribution in [0.3, 0.4) is 0 Å². The molecule has 0 aliphatic rings. The Bertz CT molecular complexity index is 1170. The number of anilines is 2. The smallest absolute Gasteiger partial charge is 0.345 e. The van der Waals surface area contributed by atoms with Gasteiger partial charge in [-0.25, -0.2) is 18.6 Å². The molecule has 0 atom stereocenters. The van der Waals surface area contributed by atoms with Gasteiger partial charge in [-0.3, -0.25) is 0 Å². The molecule has 26 heavy (non-hydrogen) atoms. The van der Waals surface area contributed by atoms with Crippen molar-refractivity contribution in [3.63, 3.8) is 0 Å². The summed E-state index contributed by atoms with van der Waals surface area (Å²) < 4.78 is 32.8. The number of nitrogens with one attached hydrogen (secondary N) is 1. The van der Waals surface area contributed by atoms with Crippen LogP contribution in [0.15, 0.2) is 57.1 Å². The quantitative estimate of drug-likeness (QED) is 0.463. The average Bonchev–Trinajstić information content (AvgIpc) is 3.06. The van der Waals surface area contributed by atoms with Gasteiger partial charge in [0.05, 0.1) is 11.3 Å². The van der Waals surface area contributed by atoms with Gasteiger partial charge >= 0.3 is 5.63 Å². The summed E-state index contributed by atoms with van der Waals surface area (Å²) in [4.78, 5) is 16.4. The van der Waals surface area contributed by atoms with Crippen LogP contribution >= 0.6 is 22.9 Å². The molecular weight excluding hydrogens is 382 g/mol. The first-order valence-electron chi connectivity index (χ1n) is 7.41. The summed E-state index contributed by atoms with van der Waals surface area (Å²) in [6.07, 6.45) is 0. The van der Waals surface area contributed by atoms with E-state index in [0.29, 0.717) is 21.7 Å². The second-order valence-corrected chi connectivity index (χ2v) is 6.68. The van der Waals surface area contributed by atoms with Crippen LogP contribution in [-0.2, 0) is 0 Å². The van der Waals surface area contributed by atoms with E-state index in [1.165, 1.54) is 6.07 Å². The standard InChI is InChI=1S/C18H9ClF2N2O2S/c19-10-4-5-15-9(6-10)7-11(17(24)25-15)14-8-26-18(22-14)23-16-12(20)2-1-3-13(16)21/h1-8H,(H,22,23). The van der Waals surface area contributed by atoms with Crippen molar-refractivity contribution in [1.29, 1.82) is 0 Å². The van der Waals surface area contributed by atoms with Gasteiger partial charge in [-0.15, -0.1) is 11.3 Å². The zero-order chi connectivity index (χ0) is 18.3. The molecule has 0 saturated carbocycles. The van der Waals surface area contributed by atoms with Crippen LogP contribution in [0.5, 0.6) is 0 Å². The second-order valence-electron chi connectivity index (χ2n) is 5.39. The van der Waals surface area contributed by atoms with E-state index in [1.54, 1.807) is 29.6 Å². The molecule has 0 unspecified atom stereocenters. The number of para-hydroxylation sites is 1. The van der Waals surface area contributed by atoms with Gasteiger partial charge < -0.3 is 9.73 Å². The number of hydrogen-bond donors (Lipinski definition) is 1. The lowest BCUT2D eigenvalue weighted by molar-refractivity contribution is 0.563. The minimum absolute atomic E-state index is 0.234. The molecule has 4 aromatic rings. The Morgan fingerprint density at radius 1 is 1.12 bits per heavy atom. The van der Waals surface area contributed by atoms with Crippen molar-refractivity contribution in [2.75, 3.05) is 5.32 Å². The zero-order valence-electron chi connectivity index (χ0n) is 12.9. The molecule has 2 aromatic heterocycles. The number of hydrogen-bond acceptors (Lipinski definition) is 5. The maximum atomic E-state index is 13.7. The molecule has 0 saturated heterocycles. The lowest BCUT2D eigenvalue weighted by Gasteiger charge is -2.05. The van der Waals surface area contributed by atoms with Crippen LogP contribution in [0.2, 0.25) is 5.02 Å². The summed E-state index contributed by atoms with van der Waals surface area (Å²) in [5.41, 5.74) is 0.118. The lowest BCUT2D eigenvalue weighted by Crippen LogP contribution is -2.03. The summed E-state index contributed by atoms with van der Waals surface area (Å²) in [7, 11) is 0. The van der Waals surface area contributed by atoms with Gasteiger partial charge in [-0.2, -0.15) is 0 Å². The Kier molecular flexibility index (Phi) is 4.18. The first-order chi connectivity index (χ1) is 12.5. The van der Waals surface area contributed by atoms with E-state index in [-0.39, 0.29) is 16.4 Å². The molecule has 0 amide bonds. The molecule has 0 radical (unpaired) electrons. The van der Waals surface area contributed by atoms with Crippen LogP contribution in [0.25, 0.3) is 22.2 Å². The fourth-order valence-electron chi connectivity index (χ4n) is 2.45. The van der Waals surface area contributed by atoms with Crippen molar-refractivity contribution in [3.8, 4) is 11.3 Å². The highest BCUT2D eigenvalue weighted by atomic mass is 35.5. The predicted octanol–water partition coefficient (Wildman–Crippen LogP) is 5.59. The number of rotatable bonds is 3. The Labute approximate surface area is 154 Å². The van der Waals surface area contributed by atoms with Gasteiger partial charge in [0.2, 0.25) is 0 Å². The van der Waals surface area contributed by atoms with Gasteiger partial charge in [0.15, 0.2) is 5.13 Å². The maximum absolute atomic E-state index is 13.7. The monoisotopic (exact) mass is 390 g/mol. The predicted molar refractivity (Wildman–Crippen MR) is 98.2 cm³/mol. The number of nitrogens with zero attached hydrogens (tertiary/aromatic N) is 1. The fraction of sp³-hybridized carbons (Fsp3) is 0. The molecule has 2 aromatic carbocycles. The molecule has 8 heteroatoms. The highest BCUT2D eigenvalue weighted by Gasteiger charge is 2.14. The van der Waals surface area contributed by atoms with Crippen molar-refractivity contribution < 1.29 is 13.2 Å². The van der Waals surface area contributed by atoms with Gasteiger partial charge in [0, 0.05) is 15.8 Å². The minimum atomic E-state index is -0.735. The SMILES string of the molecule is O=c1oc2ccc(Cl)cc2cc1-c1csc(Nc2c(F)cccc2F)n1. The first-order valence-corrected chi connectivity index (χ1v) is 8.67. The van der Waals surface area contributed by atoms with E-state index in [4.69, 9.17) is 16.0 Å². The third-order valence-corrected chi connectivity index (χ3v) is 4.66. The average molecular weight is 391 g/mol. The molecule has 0 aliphatic carbocycles. The van der Waals surface area contributed by atoms with Crippen LogP contribution in [0, 0.1) is 11.6 Å². The Morgan fingerprint density at radius 2 is 1.88 bits per heavy atom. The van der Waals surface area contributed by atoms with Crippen molar-refractivity contribution in [2.45, 2.75) is 0 Å². The fourth-order valence-corrected chi connectivity index (χ4v) is 3.35. The molecule has 0 aliphatic heterocycles. The van der Waals surface area contributed by atoms with Gasteiger partial charge in [-0.05, 0) is 36.4 Å². The molecule has 2 heterocycles. The first kappa shape index (κ1) is 16.7. The van der Waals surface area contributed by atoms with Gasteiger partial charge in [0.25, 0.3) is 0 Å². The largest absolute Gasteiger partial charge is 0.422 e. The van der Waals surface area contributed by atoms with E-state index >= 15 is 0 Å². The Morgan fingerprint density at radius 3 is 2.65 bits per heavy atom. The number of aromatic nitrogens is 1. The second kappa shape index (κ2) is 6.51. The highest BCUT2D eigenvalue weighted by Crippen LogP contribution is 2.29. The number of fused-ring (bicyclic) bond motifs is 1.